The molecular formula is C13H19N2O4+. The second-order valence-electron chi connectivity index (χ2n) is 5.28. The molecule has 1 amide bonds. The molecule has 1 aromatic rings. The van der Waals surface area contributed by atoms with Gasteiger partial charge < -0.3 is 4.74 Å². The van der Waals surface area contributed by atoms with Crippen molar-refractivity contribution in [1.29, 1.82) is 0 Å². The predicted octanol–water partition coefficient (Wildman–Crippen LogP) is 3.17. The zero-order chi connectivity index (χ0) is 14.8. The van der Waals surface area contributed by atoms with Crippen LogP contribution in [0, 0.1) is 11.8 Å². The van der Waals surface area contributed by atoms with Gasteiger partial charge in [0.25, 0.3) is 4.92 Å². The first kappa shape index (κ1) is 14.9. The number of rotatable bonds is 2. The molecule has 0 unspecified atom stereocenters. The molecule has 0 saturated carbocycles. The summed E-state index contributed by atoms with van der Waals surface area (Å²) >= 11 is 0. The molecule has 0 radical (unpaired) electrons. The Kier molecular flexibility index (Phi) is 4.14. The molecule has 0 aliphatic rings. The van der Waals surface area contributed by atoms with Crippen LogP contribution in [-0.2, 0) is 4.74 Å². The van der Waals surface area contributed by atoms with Gasteiger partial charge in [-0.15, -0.1) is 0 Å². The van der Waals surface area contributed by atoms with E-state index in [1.54, 1.807) is 40.8 Å². The van der Waals surface area contributed by atoms with Crippen LogP contribution in [-0.4, -0.2) is 28.9 Å². The molecule has 1 aromatic carbocycles. The van der Waals surface area contributed by atoms with E-state index in [0.717, 1.165) is 0 Å². The molecule has 6 nitrogen and oxygen atoms in total. The van der Waals surface area contributed by atoms with E-state index in [2.05, 4.69) is 0 Å². The third kappa shape index (κ3) is 3.94. The molecule has 0 spiro atoms. The fraction of sp³-hybridized carbons (Fsp3) is 0.462. The minimum Gasteiger partial charge on any atom is -0.443 e. The summed E-state index contributed by atoms with van der Waals surface area (Å²) in [5.74, 6) is 0. The summed E-state index contributed by atoms with van der Waals surface area (Å²) in [4.78, 5) is 23.8. The van der Waals surface area contributed by atoms with Crippen molar-refractivity contribution in [2.24, 2.45) is 0 Å². The number of amides is 1. The maximum absolute atomic E-state index is 11.9. The number of hydrogen-bond donors (Lipinski definition) is 1. The van der Waals surface area contributed by atoms with Gasteiger partial charge >= 0.3 is 11.8 Å². The largest absolute Gasteiger partial charge is 0.443 e. The number of anilines is 1. The highest BCUT2D eigenvalue weighted by molar-refractivity contribution is 5.88. The molecule has 0 heterocycles. The molecule has 0 aliphatic heterocycles. The second-order valence-corrected chi connectivity index (χ2v) is 5.28. The minimum atomic E-state index is -0.573. The van der Waals surface area contributed by atoms with Crippen LogP contribution in [0.25, 0.3) is 0 Å². The Morgan fingerprint density at radius 2 is 1.95 bits per heavy atom. The normalized spacial score (nSPS) is 11.0. The summed E-state index contributed by atoms with van der Waals surface area (Å²) in [6.45, 7) is 7.10. The molecule has 1 N–H and O–H groups in total. The van der Waals surface area contributed by atoms with Crippen LogP contribution >= 0.6 is 0 Å². The molecule has 104 valence electrons. The Morgan fingerprint density at radius 3 is 2.37 bits per heavy atom. The SMILES string of the molecule is Cc1cc([N+](=O)O)ccc1N(C)C(=O)OC(C)(C)C. The standard InChI is InChI=1S/C13H19N2O4/c1-9-8-10(15(17)18)6-7-11(9)14(5)12(16)19-13(2,3)4/h6-8H,1-5H3,(H,17,18)/q+1. The van der Waals surface area contributed by atoms with E-state index in [4.69, 9.17) is 9.94 Å². The number of ether oxygens (including phenoxy) is 1. The van der Waals surface area contributed by atoms with Crippen LogP contribution in [0.4, 0.5) is 16.2 Å². The quantitative estimate of drug-likeness (QED) is 0.835. The van der Waals surface area contributed by atoms with Crippen molar-refractivity contribution in [2.75, 3.05) is 11.9 Å². The lowest BCUT2D eigenvalue weighted by atomic mass is 10.1. The smallest absolute Gasteiger partial charge is 0.414 e. The summed E-state index contributed by atoms with van der Waals surface area (Å²) < 4.78 is 5.25. The van der Waals surface area contributed by atoms with Gasteiger partial charge in [0.05, 0.1) is 10.6 Å². The first-order valence-electron chi connectivity index (χ1n) is 5.85. The van der Waals surface area contributed by atoms with Crippen LogP contribution in [0.5, 0.6) is 0 Å². The zero-order valence-electron chi connectivity index (χ0n) is 11.8. The molecular weight excluding hydrogens is 248 g/mol. The predicted molar refractivity (Wildman–Crippen MR) is 70.9 cm³/mol. The van der Waals surface area contributed by atoms with E-state index >= 15 is 0 Å². The van der Waals surface area contributed by atoms with E-state index in [0.29, 0.717) is 11.3 Å². The molecule has 0 bridgehead atoms. The number of hydrogen-bond acceptors (Lipinski definition) is 3. The molecule has 0 saturated heterocycles. The van der Waals surface area contributed by atoms with E-state index in [9.17, 15) is 9.70 Å². The van der Waals surface area contributed by atoms with Gasteiger partial charge in [0.1, 0.15) is 5.60 Å². The number of carbonyl (C=O) groups excluding carboxylic acids is 1. The summed E-state index contributed by atoms with van der Waals surface area (Å²) in [6.07, 6.45) is -0.480. The van der Waals surface area contributed by atoms with Crippen molar-refractivity contribution < 1.29 is 19.7 Å². The van der Waals surface area contributed by atoms with Crippen molar-refractivity contribution in [3.63, 3.8) is 0 Å². The average molecular weight is 267 g/mol. The van der Waals surface area contributed by atoms with E-state index in [1.165, 1.54) is 17.0 Å². The third-order valence-corrected chi connectivity index (χ3v) is 2.43. The van der Waals surface area contributed by atoms with Crippen molar-refractivity contribution in [2.45, 2.75) is 33.3 Å². The lowest BCUT2D eigenvalue weighted by molar-refractivity contribution is -0.729. The van der Waals surface area contributed by atoms with Gasteiger partial charge in [0, 0.05) is 19.2 Å². The van der Waals surface area contributed by atoms with Crippen LogP contribution in [0.15, 0.2) is 18.2 Å². The van der Waals surface area contributed by atoms with Gasteiger partial charge in [-0.3, -0.25) is 4.90 Å². The van der Waals surface area contributed by atoms with Crippen molar-refractivity contribution in [3.8, 4) is 0 Å². The summed E-state index contributed by atoms with van der Waals surface area (Å²) in [7, 11) is 1.59. The maximum atomic E-state index is 11.9. The Balaban J connectivity index is 2.97. The average Bonchev–Trinajstić information content (AvgIpc) is 2.25. The number of benzene rings is 1. The van der Waals surface area contributed by atoms with Crippen LogP contribution < -0.4 is 4.90 Å². The molecule has 0 aromatic heterocycles. The lowest BCUT2D eigenvalue weighted by Gasteiger charge is -2.25. The second kappa shape index (κ2) is 5.26. The van der Waals surface area contributed by atoms with Gasteiger partial charge in [-0.2, -0.15) is 0 Å². The van der Waals surface area contributed by atoms with E-state index < -0.39 is 11.7 Å². The summed E-state index contributed by atoms with van der Waals surface area (Å²) in [5.41, 5.74) is 0.829. The Bertz CT molecular complexity index is 506. The lowest BCUT2D eigenvalue weighted by Crippen LogP contribution is -2.34. The fourth-order valence-electron chi connectivity index (χ4n) is 1.56. The van der Waals surface area contributed by atoms with Crippen molar-refractivity contribution in [3.05, 3.63) is 28.7 Å². The molecule has 0 fully saturated rings. The topological polar surface area (TPSA) is 69.9 Å². The minimum absolute atomic E-state index is 0.110. The highest BCUT2D eigenvalue weighted by atomic mass is 16.6. The third-order valence-electron chi connectivity index (χ3n) is 2.43. The molecule has 0 atom stereocenters. The van der Waals surface area contributed by atoms with Gasteiger partial charge in [-0.05, 0) is 39.3 Å². The first-order chi connectivity index (χ1) is 8.61. The number of carbonyl (C=O) groups is 1. The molecule has 1 rings (SSSR count). The fourth-order valence-corrected chi connectivity index (χ4v) is 1.56. The Hall–Kier alpha value is -2.11. The highest BCUT2D eigenvalue weighted by Gasteiger charge is 2.22. The van der Waals surface area contributed by atoms with Crippen LogP contribution in [0.1, 0.15) is 26.3 Å². The van der Waals surface area contributed by atoms with Gasteiger partial charge in [-0.1, -0.05) is 0 Å². The molecule has 19 heavy (non-hydrogen) atoms. The molecule has 0 aliphatic carbocycles. The van der Waals surface area contributed by atoms with Crippen LogP contribution in [0.2, 0.25) is 0 Å². The zero-order valence-corrected chi connectivity index (χ0v) is 11.8. The van der Waals surface area contributed by atoms with Gasteiger partial charge in [0.15, 0.2) is 0 Å². The maximum Gasteiger partial charge on any atom is 0.414 e. The van der Waals surface area contributed by atoms with E-state index in [-0.39, 0.29) is 10.6 Å². The van der Waals surface area contributed by atoms with E-state index in [1.807, 2.05) is 0 Å². The summed E-state index contributed by atoms with van der Waals surface area (Å²) in [6, 6.07) is 4.50. The number of nitrogens with zero attached hydrogens (tertiary/aromatic N) is 2. The van der Waals surface area contributed by atoms with Crippen LogP contribution in [0.3, 0.4) is 0 Å². The molecule has 6 heteroatoms. The summed E-state index contributed by atoms with van der Waals surface area (Å²) in [5, 5.41) is 8.81. The van der Waals surface area contributed by atoms with Crippen molar-refractivity contribution >= 4 is 17.5 Å². The van der Waals surface area contributed by atoms with Gasteiger partial charge in [-0.25, -0.2) is 10.0 Å². The van der Waals surface area contributed by atoms with Crippen molar-refractivity contribution in [1.82, 2.24) is 0 Å². The number of aryl methyl sites for hydroxylation is 1. The Labute approximate surface area is 112 Å². The monoisotopic (exact) mass is 267 g/mol. The van der Waals surface area contributed by atoms with Gasteiger partial charge in [0.2, 0.25) is 0 Å². The highest BCUT2D eigenvalue weighted by Crippen LogP contribution is 2.25. The first-order valence-corrected chi connectivity index (χ1v) is 5.85. The Morgan fingerprint density at radius 1 is 1.37 bits per heavy atom.